The third kappa shape index (κ3) is 2.44. The van der Waals surface area contributed by atoms with E-state index in [1.54, 1.807) is 12.4 Å². The normalized spacial score (nSPS) is 38.9. The van der Waals surface area contributed by atoms with E-state index in [2.05, 4.69) is 9.88 Å². The first-order valence-corrected chi connectivity index (χ1v) is 7.15. The van der Waals surface area contributed by atoms with Gasteiger partial charge in [-0.15, -0.1) is 12.4 Å². The van der Waals surface area contributed by atoms with Gasteiger partial charge in [0.25, 0.3) is 0 Å². The van der Waals surface area contributed by atoms with E-state index in [1.807, 2.05) is 6.07 Å². The number of aromatic nitrogens is 1. The summed E-state index contributed by atoms with van der Waals surface area (Å²) < 4.78 is 6.20. The van der Waals surface area contributed by atoms with Crippen LogP contribution in [-0.4, -0.2) is 35.6 Å². The van der Waals surface area contributed by atoms with E-state index in [4.69, 9.17) is 16.3 Å². The maximum absolute atomic E-state index is 6.20. The van der Waals surface area contributed by atoms with Gasteiger partial charge in [0, 0.05) is 43.7 Å². The van der Waals surface area contributed by atoms with Gasteiger partial charge in [-0.3, -0.25) is 4.98 Å². The number of ether oxygens (including phenoxy) is 1. The molecule has 1 aliphatic carbocycles. The van der Waals surface area contributed by atoms with Crippen LogP contribution in [-0.2, 0) is 0 Å². The lowest BCUT2D eigenvalue weighted by atomic mass is 9.66. The van der Waals surface area contributed by atoms with Crippen LogP contribution in [0.1, 0.15) is 12.8 Å². The summed E-state index contributed by atoms with van der Waals surface area (Å²) in [7, 11) is 0. The van der Waals surface area contributed by atoms with Crippen LogP contribution in [0, 0.1) is 17.8 Å². The van der Waals surface area contributed by atoms with Crippen molar-refractivity contribution in [2.24, 2.45) is 17.8 Å². The van der Waals surface area contributed by atoms with E-state index in [1.165, 1.54) is 32.5 Å². The molecule has 0 radical (unpaired) electrons. The van der Waals surface area contributed by atoms with E-state index < -0.39 is 0 Å². The molecule has 4 bridgehead atoms. The quantitative estimate of drug-likeness (QED) is 0.840. The van der Waals surface area contributed by atoms with E-state index in [-0.39, 0.29) is 12.4 Å². The van der Waals surface area contributed by atoms with Crippen molar-refractivity contribution in [2.75, 3.05) is 19.6 Å². The maximum atomic E-state index is 6.20. The number of halogens is 2. The lowest BCUT2D eigenvalue weighted by molar-refractivity contribution is -0.0985. The molecule has 0 aromatic carbocycles. The molecule has 0 N–H and O–H groups in total. The molecule has 4 aliphatic rings. The number of piperidine rings is 3. The van der Waals surface area contributed by atoms with Crippen molar-refractivity contribution in [1.29, 1.82) is 0 Å². The van der Waals surface area contributed by atoms with E-state index >= 15 is 0 Å². The zero-order valence-electron chi connectivity index (χ0n) is 10.7. The van der Waals surface area contributed by atoms with Crippen molar-refractivity contribution in [3.63, 3.8) is 0 Å². The summed E-state index contributed by atoms with van der Waals surface area (Å²) >= 11 is 5.96. The fraction of sp³-hybridized carbons (Fsp3) is 0.643. The maximum Gasteiger partial charge on any atom is 0.139 e. The van der Waals surface area contributed by atoms with Crippen molar-refractivity contribution in [3.8, 4) is 5.75 Å². The molecule has 3 nitrogen and oxygen atoms in total. The standard InChI is InChI=1S/C14H17ClN2O.ClH/c15-12-3-13(5-16-4-12)18-14-10-1-9-2-11(14)8-17(6-9)7-10;/h3-5,9-11,14H,1-2,6-8H2;1H. The Morgan fingerprint density at radius 1 is 1.16 bits per heavy atom. The summed E-state index contributed by atoms with van der Waals surface area (Å²) in [6.45, 7) is 3.75. The first-order chi connectivity index (χ1) is 8.78. The Bertz CT molecular complexity index is 441. The van der Waals surface area contributed by atoms with E-state index in [0.717, 1.165) is 11.7 Å². The van der Waals surface area contributed by atoms with Crippen LogP contribution >= 0.6 is 24.0 Å². The molecule has 4 fully saturated rings. The zero-order valence-corrected chi connectivity index (χ0v) is 12.2. The van der Waals surface area contributed by atoms with Crippen LogP contribution < -0.4 is 4.74 Å². The van der Waals surface area contributed by atoms with E-state index in [9.17, 15) is 0 Å². The second-order valence-electron chi connectivity index (χ2n) is 6.00. The van der Waals surface area contributed by atoms with Gasteiger partial charge in [0.05, 0.1) is 11.2 Å². The highest BCUT2D eigenvalue weighted by Gasteiger charge is 2.48. The van der Waals surface area contributed by atoms with Gasteiger partial charge in [-0.1, -0.05) is 11.6 Å². The third-order valence-electron chi connectivity index (χ3n) is 4.66. The Balaban J connectivity index is 0.00000110. The first-order valence-electron chi connectivity index (χ1n) is 6.77. The molecule has 3 aliphatic heterocycles. The smallest absolute Gasteiger partial charge is 0.139 e. The summed E-state index contributed by atoms with van der Waals surface area (Å²) in [6.07, 6.45) is 6.48. The Kier molecular flexibility index (Phi) is 3.63. The summed E-state index contributed by atoms with van der Waals surface area (Å²) in [5.74, 6) is 3.15. The number of pyridine rings is 1. The van der Waals surface area contributed by atoms with Crippen LogP contribution in [0.2, 0.25) is 5.02 Å². The van der Waals surface area contributed by atoms with Gasteiger partial charge in [0.1, 0.15) is 11.9 Å². The molecule has 5 heteroatoms. The first kappa shape index (κ1) is 13.5. The van der Waals surface area contributed by atoms with Crippen LogP contribution in [0.3, 0.4) is 0 Å². The molecule has 1 aromatic rings. The zero-order chi connectivity index (χ0) is 12.1. The largest absolute Gasteiger partial charge is 0.488 e. The lowest BCUT2D eigenvalue weighted by Crippen LogP contribution is -2.61. The fourth-order valence-electron chi connectivity index (χ4n) is 4.17. The van der Waals surface area contributed by atoms with Crippen molar-refractivity contribution >= 4 is 24.0 Å². The Hall–Kier alpha value is -0.510. The molecule has 1 saturated carbocycles. The molecule has 2 atom stereocenters. The summed E-state index contributed by atoms with van der Waals surface area (Å²) in [4.78, 5) is 6.71. The minimum atomic E-state index is 0. The van der Waals surface area contributed by atoms with Gasteiger partial charge in [-0.25, -0.2) is 0 Å². The number of hydrogen-bond acceptors (Lipinski definition) is 3. The molecular formula is C14H18Cl2N2O. The van der Waals surface area contributed by atoms with Gasteiger partial charge in [-0.2, -0.15) is 0 Å². The Morgan fingerprint density at radius 2 is 1.89 bits per heavy atom. The molecule has 104 valence electrons. The predicted molar refractivity (Wildman–Crippen MR) is 77.1 cm³/mol. The topological polar surface area (TPSA) is 25.4 Å². The van der Waals surface area contributed by atoms with Gasteiger partial charge < -0.3 is 9.64 Å². The molecule has 4 heterocycles. The van der Waals surface area contributed by atoms with Crippen molar-refractivity contribution in [1.82, 2.24) is 9.88 Å². The molecular weight excluding hydrogens is 283 g/mol. The van der Waals surface area contributed by atoms with Crippen LogP contribution in [0.15, 0.2) is 18.5 Å². The SMILES string of the molecule is Cl.Clc1cncc(OC2C3CC4CC2CN(C4)C3)c1. The monoisotopic (exact) mass is 300 g/mol. The summed E-state index contributed by atoms with van der Waals surface area (Å²) in [5, 5.41) is 0.653. The predicted octanol–water partition coefficient (Wildman–Crippen LogP) is 2.88. The van der Waals surface area contributed by atoms with Crippen LogP contribution in [0.5, 0.6) is 5.75 Å². The van der Waals surface area contributed by atoms with Crippen molar-refractivity contribution < 1.29 is 4.74 Å². The van der Waals surface area contributed by atoms with Crippen molar-refractivity contribution in [3.05, 3.63) is 23.5 Å². The number of hydrogen-bond donors (Lipinski definition) is 0. The van der Waals surface area contributed by atoms with Gasteiger partial charge in [0.2, 0.25) is 0 Å². The minimum absolute atomic E-state index is 0. The molecule has 0 amide bonds. The summed E-state index contributed by atoms with van der Waals surface area (Å²) in [6, 6.07) is 1.87. The summed E-state index contributed by atoms with van der Waals surface area (Å²) in [5.41, 5.74) is 0. The van der Waals surface area contributed by atoms with E-state index in [0.29, 0.717) is 23.0 Å². The van der Waals surface area contributed by atoms with Crippen LogP contribution in [0.25, 0.3) is 0 Å². The molecule has 19 heavy (non-hydrogen) atoms. The minimum Gasteiger partial charge on any atom is -0.488 e. The highest BCUT2D eigenvalue weighted by atomic mass is 35.5. The molecule has 3 saturated heterocycles. The average Bonchev–Trinajstić information content (AvgIpc) is 2.33. The lowest BCUT2D eigenvalue weighted by Gasteiger charge is -2.55. The molecule has 2 unspecified atom stereocenters. The van der Waals surface area contributed by atoms with Gasteiger partial charge >= 0.3 is 0 Å². The second kappa shape index (κ2) is 5.12. The van der Waals surface area contributed by atoms with Gasteiger partial charge in [0.15, 0.2) is 0 Å². The van der Waals surface area contributed by atoms with Crippen molar-refractivity contribution in [2.45, 2.75) is 18.9 Å². The highest BCUT2D eigenvalue weighted by molar-refractivity contribution is 6.30. The Labute approximate surface area is 124 Å². The molecule has 0 spiro atoms. The molecule has 1 aromatic heterocycles. The number of rotatable bonds is 2. The fourth-order valence-corrected chi connectivity index (χ4v) is 4.33. The second-order valence-corrected chi connectivity index (χ2v) is 6.43. The number of nitrogens with zero attached hydrogens (tertiary/aromatic N) is 2. The Morgan fingerprint density at radius 3 is 2.53 bits per heavy atom. The molecule has 5 rings (SSSR count). The highest BCUT2D eigenvalue weighted by Crippen LogP contribution is 2.44. The van der Waals surface area contributed by atoms with Crippen LogP contribution in [0.4, 0.5) is 0 Å². The average molecular weight is 301 g/mol. The third-order valence-corrected chi connectivity index (χ3v) is 4.86. The van der Waals surface area contributed by atoms with Gasteiger partial charge in [-0.05, 0) is 18.8 Å².